The van der Waals surface area contributed by atoms with E-state index in [2.05, 4.69) is 5.32 Å². The van der Waals surface area contributed by atoms with Gasteiger partial charge in [-0.15, -0.1) is 0 Å². The molecule has 3 N–H and O–H groups in total. The average molecular weight is 379 g/mol. The largest absolute Gasteiger partial charge is 0.466 e. The highest BCUT2D eigenvalue weighted by molar-refractivity contribution is 7.80. The minimum atomic E-state index is -0.448. The zero-order valence-electron chi connectivity index (χ0n) is 14.9. The summed E-state index contributed by atoms with van der Waals surface area (Å²) in [5, 5.41) is 2.79. The van der Waals surface area contributed by atoms with Gasteiger partial charge in [0, 0.05) is 25.9 Å². The van der Waals surface area contributed by atoms with Gasteiger partial charge in [0.25, 0.3) is 0 Å². The van der Waals surface area contributed by atoms with Gasteiger partial charge in [0.05, 0.1) is 13.0 Å². The predicted octanol–water partition coefficient (Wildman–Crippen LogP) is 1.50. The number of esters is 1. The highest BCUT2D eigenvalue weighted by atomic mass is 32.1. The Morgan fingerprint density at radius 1 is 1.15 bits per heavy atom. The van der Waals surface area contributed by atoms with Gasteiger partial charge in [-0.05, 0) is 24.2 Å². The van der Waals surface area contributed by atoms with E-state index in [1.54, 1.807) is 4.90 Å². The molecule has 0 atom stereocenters. The van der Waals surface area contributed by atoms with Crippen LogP contribution in [0.25, 0.3) is 0 Å². The molecule has 0 bridgehead atoms. The predicted molar refractivity (Wildman–Crippen MR) is 102 cm³/mol. The lowest BCUT2D eigenvalue weighted by atomic mass is 10.2. The van der Waals surface area contributed by atoms with Crippen LogP contribution < -0.4 is 11.1 Å². The van der Waals surface area contributed by atoms with Crippen LogP contribution in [0, 0.1) is 0 Å². The summed E-state index contributed by atoms with van der Waals surface area (Å²) in [6.45, 7) is 2.97. The van der Waals surface area contributed by atoms with Crippen molar-refractivity contribution in [2.24, 2.45) is 5.73 Å². The summed E-state index contributed by atoms with van der Waals surface area (Å²) in [6, 6.07) is 9.53. The molecule has 0 unspecified atom stereocenters. The number of nitrogens with two attached hydrogens (primary N) is 1. The molecule has 0 saturated carbocycles. The summed E-state index contributed by atoms with van der Waals surface area (Å²) in [4.78, 5) is 36.2. The minimum Gasteiger partial charge on any atom is -0.466 e. The van der Waals surface area contributed by atoms with Crippen LogP contribution >= 0.6 is 12.2 Å². The van der Waals surface area contributed by atoms with E-state index in [0.29, 0.717) is 19.7 Å². The number of rotatable bonds is 10. The van der Waals surface area contributed by atoms with Gasteiger partial charge in [0.1, 0.15) is 0 Å². The van der Waals surface area contributed by atoms with Crippen molar-refractivity contribution >= 4 is 35.1 Å². The van der Waals surface area contributed by atoms with Crippen molar-refractivity contribution in [1.82, 2.24) is 10.2 Å². The molecule has 142 valence electrons. The maximum absolute atomic E-state index is 12.0. The molecule has 2 amide bonds. The Morgan fingerprint density at radius 3 is 2.46 bits per heavy atom. The molecule has 1 aromatic rings. The van der Waals surface area contributed by atoms with Crippen LogP contribution in [0.1, 0.15) is 38.2 Å². The second-order valence-corrected chi connectivity index (χ2v) is 6.08. The fourth-order valence-corrected chi connectivity index (χ4v) is 2.34. The lowest BCUT2D eigenvalue weighted by molar-refractivity contribution is -0.144. The van der Waals surface area contributed by atoms with Crippen LogP contribution in [0.5, 0.6) is 0 Å². The number of benzene rings is 1. The quantitative estimate of drug-likeness (QED) is 0.472. The monoisotopic (exact) mass is 379 g/mol. The van der Waals surface area contributed by atoms with E-state index in [1.807, 2.05) is 37.3 Å². The second kappa shape index (κ2) is 12.0. The molecule has 0 aliphatic carbocycles. The van der Waals surface area contributed by atoms with Crippen molar-refractivity contribution in [3.8, 4) is 0 Å². The lowest BCUT2D eigenvalue weighted by Crippen LogP contribution is -2.43. The first kappa shape index (κ1) is 21.6. The molecule has 0 saturated heterocycles. The Hall–Kier alpha value is -2.48. The first-order valence-corrected chi connectivity index (χ1v) is 8.89. The van der Waals surface area contributed by atoms with Gasteiger partial charge in [-0.1, -0.05) is 37.3 Å². The molecule has 1 rings (SSSR count). The second-order valence-electron chi connectivity index (χ2n) is 5.70. The van der Waals surface area contributed by atoms with Crippen LogP contribution in [-0.4, -0.2) is 40.9 Å². The van der Waals surface area contributed by atoms with Crippen LogP contribution in [0.4, 0.5) is 0 Å². The van der Waals surface area contributed by atoms with E-state index in [1.165, 1.54) is 0 Å². The molecule has 8 heteroatoms. The molecule has 0 radical (unpaired) electrons. The zero-order chi connectivity index (χ0) is 19.4. The summed E-state index contributed by atoms with van der Waals surface area (Å²) in [6.07, 6.45) is 0.828. The third-order valence-electron chi connectivity index (χ3n) is 3.40. The van der Waals surface area contributed by atoms with E-state index >= 15 is 0 Å². The molecule has 7 nitrogen and oxygen atoms in total. The van der Waals surface area contributed by atoms with Crippen molar-refractivity contribution in [3.63, 3.8) is 0 Å². The van der Waals surface area contributed by atoms with E-state index in [0.717, 1.165) is 12.0 Å². The topological polar surface area (TPSA) is 102 Å². The Bertz CT molecular complexity index is 622. The fourth-order valence-electron chi connectivity index (χ4n) is 2.07. The summed E-state index contributed by atoms with van der Waals surface area (Å²) >= 11 is 5.28. The van der Waals surface area contributed by atoms with Crippen molar-refractivity contribution in [2.75, 3.05) is 13.2 Å². The maximum atomic E-state index is 12.0. The molecule has 0 fully saturated rings. The van der Waals surface area contributed by atoms with Crippen molar-refractivity contribution in [2.45, 2.75) is 39.2 Å². The molecule has 26 heavy (non-hydrogen) atoms. The third-order valence-corrected chi connectivity index (χ3v) is 3.76. The van der Waals surface area contributed by atoms with Crippen LogP contribution in [0.15, 0.2) is 30.3 Å². The van der Waals surface area contributed by atoms with Crippen LogP contribution in [-0.2, 0) is 25.7 Å². The number of hydrogen-bond acceptors (Lipinski definition) is 5. The maximum Gasteiger partial charge on any atom is 0.306 e. The Labute approximate surface area is 158 Å². The Balaban J connectivity index is 2.56. The van der Waals surface area contributed by atoms with E-state index in [-0.39, 0.29) is 30.3 Å². The number of amides is 2. The van der Waals surface area contributed by atoms with Crippen molar-refractivity contribution < 1.29 is 19.1 Å². The number of nitrogens with zero attached hydrogens (tertiary/aromatic N) is 1. The highest BCUT2D eigenvalue weighted by Gasteiger charge is 2.15. The Morgan fingerprint density at radius 2 is 1.85 bits per heavy atom. The van der Waals surface area contributed by atoms with Gasteiger partial charge >= 0.3 is 5.97 Å². The molecular formula is C18H25N3O4S. The first-order valence-electron chi connectivity index (χ1n) is 8.49. The third kappa shape index (κ3) is 9.12. The van der Waals surface area contributed by atoms with Gasteiger partial charge in [-0.25, -0.2) is 0 Å². The smallest absolute Gasteiger partial charge is 0.306 e. The lowest BCUT2D eigenvalue weighted by Gasteiger charge is -2.25. The summed E-state index contributed by atoms with van der Waals surface area (Å²) in [7, 11) is 0. The molecule has 0 spiro atoms. The number of thiocarbonyl (C=S) groups is 1. The van der Waals surface area contributed by atoms with Crippen molar-refractivity contribution in [1.29, 1.82) is 0 Å². The van der Waals surface area contributed by atoms with E-state index in [9.17, 15) is 14.4 Å². The number of carbonyl (C=O) groups excluding carboxylic acids is 3. The van der Waals surface area contributed by atoms with Gasteiger partial charge in [0.2, 0.25) is 11.8 Å². The highest BCUT2D eigenvalue weighted by Crippen LogP contribution is 2.06. The minimum absolute atomic E-state index is 0.00554. The summed E-state index contributed by atoms with van der Waals surface area (Å²) in [5.41, 5.74) is 6.19. The number of carbonyl (C=O) groups is 3. The summed E-state index contributed by atoms with van der Waals surface area (Å²) < 4.78 is 4.92. The standard InChI is InChI=1S/C18H25N3O4S/c1-2-12-25-17(24)9-8-16(23)20-18(26)21(11-10-15(19)22)13-14-6-4-3-5-7-14/h3-7H,2,8-13H2,1H3,(H2,19,22)(H,20,23,26). The molecule has 0 aliphatic rings. The molecule has 0 aromatic heterocycles. The molecule has 1 aromatic carbocycles. The molecule has 0 heterocycles. The van der Waals surface area contributed by atoms with E-state index < -0.39 is 11.9 Å². The van der Waals surface area contributed by atoms with Gasteiger partial charge < -0.3 is 20.7 Å². The zero-order valence-corrected chi connectivity index (χ0v) is 15.7. The molecule has 0 aliphatic heterocycles. The average Bonchev–Trinajstić information content (AvgIpc) is 2.62. The van der Waals surface area contributed by atoms with E-state index in [4.69, 9.17) is 22.7 Å². The normalized spacial score (nSPS) is 10.0. The van der Waals surface area contributed by atoms with Crippen LogP contribution in [0.3, 0.4) is 0 Å². The number of nitrogens with one attached hydrogen (secondary N) is 1. The summed E-state index contributed by atoms with van der Waals surface area (Å²) in [5.74, 6) is -1.24. The number of ether oxygens (including phenoxy) is 1. The SMILES string of the molecule is CCCOC(=O)CCC(=O)NC(=S)N(CCC(N)=O)Cc1ccccc1. The fraction of sp³-hybridized carbons (Fsp3) is 0.444. The van der Waals surface area contributed by atoms with Crippen molar-refractivity contribution in [3.05, 3.63) is 35.9 Å². The number of primary amides is 1. The van der Waals surface area contributed by atoms with Crippen LogP contribution in [0.2, 0.25) is 0 Å². The molecular weight excluding hydrogens is 354 g/mol. The van der Waals surface area contributed by atoms with Gasteiger partial charge in [0.15, 0.2) is 5.11 Å². The van der Waals surface area contributed by atoms with Gasteiger partial charge in [-0.3, -0.25) is 14.4 Å². The van der Waals surface area contributed by atoms with Gasteiger partial charge in [-0.2, -0.15) is 0 Å². The number of hydrogen-bond donors (Lipinski definition) is 2. The Kier molecular flexibility index (Phi) is 9.93. The first-order chi connectivity index (χ1) is 12.4.